The minimum Gasteiger partial charge on any atom is -0.328 e. The summed E-state index contributed by atoms with van der Waals surface area (Å²) in [4.78, 5) is 10.5. The molecule has 1 fully saturated rings. The lowest BCUT2D eigenvalue weighted by molar-refractivity contribution is 0.218. The van der Waals surface area contributed by atoms with Crippen LogP contribution < -0.4 is 5.32 Å². The first-order valence-electron chi connectivity index (χ1n) is 7.41. The molecule has 1 aliphatic rings. The van der Waals surface area contributed by atoms with Gasteiger partial charge in [0.15, 0.2) is 0 Å². The molecule has 0 unspecified atom stereocenters. The van der Waals surface area contributed by atoms with Crippen LogP contribution in [0.3, 0.4) is 0 Å². The fourth-order valence-electron chi connectivity index (χ4n) is 2.70. The molecule has 0 saturated carbocycles. The molecule has 1 saturated heterocycles. The lowest BCUT2D eigenvalue weighted by Gasteiger charge is -2.25. The Morgan fingerprint density at radius 2 is 1.90 bits per heavy atom. The Labute approximate surface area is 120 Å². The van der Waals surface area contributed by atoms with Gasteiger partial charge in [0, 0.05) is 17.9 Å². The van der Waals surface area contributed by atoms with E-state index in [2.05, 4.69) is 22.1 Å². The molecule has 4 nitrogen and oxygen atoms in total. The topological polar surface area (TPSA) is 44.0 Å². The zero-order valence-corrected chi connectivity index (χ0v) is 12.0. The molecule has 0 aliphatic carbocycles. The van der Waals surface area contributed by atoms with Crippen LogP contribution in [0.25, 0.3) is 0 Å². The van der Waals surface area contributed by atoms with E-state index in [-0.39, 0.29) is 0 Å². The number of imidazole rings is 1. The van der Waals surface area contributed by atoms with Gasteiger partial charge in [0.25, 0.3) is 0 Å². The Bertz CT molecular complexity index is 541. The van der Waals surface area contributed by atoms with E-state index >= 15 is 0 Å². The molecule has 2 aromatic rings. The normalized spacial score (nSPS) is 16.2. The summed E-state index contributed by atoms with van der Waals surface area (Å²) in [5.74, 6) is 0.834. The first-order chi connectivity index (χ1) is 9.81. The summed E-state index contributed by atoms with van der Waals surface area (Å²) in [6, 6.07) is 10.1. The predicted octanol–water partition coefficient (Wildman–Crippen LogP) is 3.45. The number of likely N-dealkylation sites (tertiary alicyclic amines) is 1. The van der Waals surface area contributed by atoms with Crippen LogP contribution in [0.2, 0.25) is 0 Å². The van der Waals surface area contributed by atoms with E-state index in [4.69, 9.17) is 4.98 Å². The van der Waals surface area contributed by atoms with Gasteiger partial charge in [-0.15, -0.1) is 0 Å². The number of para-hydroxylation sites is 1. The van der Waals surface area contributed by atoms with E-state index in [1.807, 2.05) is 30.3 Å². The number of benzene rings is 1. The fraction of sp³-hybridized carbons (Fsp3) is 0.438. The van der Waals surface area contributed by atoms with Gasteiger partial charge in [-0.1, -0.05) is 24.6 Å². The van der Waals surface area contributed by atoms with Crippen LogP contribution >= 0.6 is 0 Å². The number of aromatic nitrogens is 2. The van der Waals surface area contributed by atoms with E-state index in [1.54, 1.807) is 0 Å². The second-order valence-corrected chi connectivity index (χ2v) is 5.48. The van der Waals surface area contributed by atoms with Crippen LogP contribution in [-0.2, 0) is 6.54 Å². The van der Waals surface area contributed by atoms with E-state index in [9.17, 15) is 0 Å². The number of anilines is 2. The van der Waals surface area contributed by atoms with Crippen LogP contribution in [0.5, 0.6) is 0 Å². The number of H-pyrrole nitrogens is 1. The lowest BCUT2D eigenvalue weighted by Crippen LogP contribution is -2.29. The van der Waals surface area contributed by atoms with Crippen molar-refractivity contribution in [3.8, 4) is 0 Å². The quantitative estimate of drug-likeness (QED) is 0.894. The average molecular weight is 270 g/mol. The number of hydrogen-bond acceptors (Lipinski definition) is 3. The number of nitrogens with one attached hydrogen (secondary N) is 2. The fourth-order valence-corrected chi connectivity index (χ4v) is 2.70. The predicted molar refractivity (Wildman–Crippen MR) is 82.2 cm³/mol. The molecule has 2 N–H and O–H groups in total. The molecule has 1 aliphatic heterocycles. The zero-order chi connectivity index (χ0) is 13.8. The highest BCUT2D eigenvalue weighted by molar-refractivity contribution is 5.53. The Morgan fingerprint density at radius 1 is 1.15 bits per heavy atom. The van der Waals surface area contributed by atoms with Crippen molar-refractivity contribution in [2.45, 2.75) is 32.7 Å². The maximum atomic E-state index is 4.69. The van der Waals surface area contributed by atoms with Crippen molar-refractivity contribution in [3.05, 3.63) is 41.7 Å². The minimum absolute atomic E-state index is 0.834. The smallest absolute Gasteiger partial charge is 0.205 e. The summed E-state index contributed by atoms with van der Waals surface area (Å²) < 4.78 is 0. The molecule has 0 bridgehead atoms. The Balaban J connectivity index is 1.67. The van der Waals surface area contributed by atoms with Gasteiger partial charge in [0.1, 0.15) is 0 Å². The van der Waals surface area contributed by atoms with Gasteiger partial charge >= 0.3 is 0 Å². The van der Waals surface area contributed by atoms with Crippen molar-refractivity contribution in [3.63, 3.8) is 0 Å². The number of piperidine rings is 1. The number of nitrogens with zero attached hydrogens (tertiary/aromatic N) is 2. The largest absolute Gasteiger partial charge is 0.328 e. The third-order valence-electron chi connectivity index (χ3n) is 3.84. The van der Waals surface area contributed by atoms with Crippen molar-refractivity contribution in [2.75, 3.05) is 18.4 Å². The molecule has 0 radical (unpaired) electrons. The third kappa shape index (κ3) is 3.20. The Hall–Kier alpha value is -1.81. The maximum absolute atomic E-state index is 4.69. The van der Waals surface area contributed by atoms with Gasteiger partial charge in [0.2, 0.25) is 5.95 Å². The van der Waals surface area contributed by atoms with Crippen LogP contribution in [0.4, 0.5) is 11.6 Å². The van der Waals surface area contributed by atoms with Gasteiger partial charge in [-0.25, -0.2) is 4.98 Å². The molecule has 1 aromatic carbocycles. The summed E-state index contributed by atoms with van der Waals surface area (Å²) in [6.07, 6.45) is 4.01. The number of hydrogen-bond donors (Lipinski definition) is 2. The van der Waals surface area contributed by atoms with Crippen LogP contribution in [0, 0.1) is 6.92 Å². The maximum Gasteiger partial charge on any atom is 0.205 e. The molecule has 2 heterocycles. The standard InChI is InChI=1S/C16H22N4/c1-13-15(12-20-10-6-3-7-11-20)19-16(17-13)18-14-8-4-2-5-9-14/h2,4-5,8-9H,3,6-7,10-12H2,1H3,(H2,17,18,19). The molecule has 20 heavy (non-hydrogen) atoms. The summed E-state index contributed by atoms with van der Waals surface area (Å²) >= 11 is 0. The third-order valence-corrected chi connectivity index (χ3v) is 3.84. The first-order valence-corrected chi connectivity index (χ1v) is 7.41. The number of aromatic amines is 1. The van der Waals surface area contributed by atoms with Gasteiger partial charge in [-0.2, -0.15) is 0 Å². The summed E-state index contributed by atoms with van der Waals surface area (Å²) in [7, 11) is 0. The van der Waals surface area contributed by atoms with Crippen molar-refractivity contribution in [1.82, 2.24) is 14.9 Å². The summed E-state index contributed by atoms with van der Waals surface area (Å²) in [5, 5.41) is 3.32. The van der Waals surface area contributed by atoms with Crippen molar-refractivity contribution < 1.29 is 0 Å². The highest BCUT2D eigenvalue weighted by atomic mass is 15.2. The number of rotatable bonds is 4. The molecular formula is C16H22N4. The lowest BCUT2D eigenvalue weighted by atomic mass is 10.1. The summed E-state index contributed by atoms with van der Waals surface area (Å²) in [5.41, 5.74) is 3.38. The van der Waals surface area contributed by atoms with Crippen molar-refractivity contribution >= 4 is 11.6 Å². The van der Waals surface area contributed by atoms with E-state index in [0.717, 1.165) is 29.6 Å². The van der Waals surface area contributed by atoms with E-state index in [0.29, 0.717) is 0 Å². The van der Waals surface area contributed by atoms with Gasteiger partial charge in [0.05, 0.1) is 5.69 Å². The molecule has 0 atom stereocenters. The van der Waals surface area contributed by atoms with E-state index in [1.165, 1.54) is 32.4 Å². The molecule has 106 valence electrons. The highest BCUT2D eigenvalue weighted by Crippen LogP contribution is 2.18. The van der Waals surface area contributed by atoms with Crippen LogP contribution in [0.15, 0.2) is 30.3 Å². The van der Waals surface area contributed by atoms with E-state index < -0.39 is 0 Å². The van der Waals surface area contributed by atoms with Gasteiger partial charge in [-0.3, -0.25) is 4.90 Å². The minimum atomic E-state index is 0.834. The molecule has 1 aromatic heterocycles. The molecule has 4 heteroatoms. The second-order valence-electron chi connectivity index (χ2n) is 5.48. The average Bonchev–Trinajstić information content (AvgIpc) is 2.81. The van der Waals surface area contributed by atoms with Crippen LogP contribution in [0.1, 0.15) is 30.7 Å². The van der Waals surface area contributed by atoms with Gasteiger partial charge in [-0.05, 0) is 45.0 Å². The van der Waals surface area contributed by atoms with Crippen molar-refractivity contribution in [2.24, 2.45) is 0 Å². The molecule has 0 spiro atoms. The Morgan fingerprint density at radius 3 is 2.65 bits per heavy atom. The SMILES string of the molecule is Cc1[nH]c(Nc2ccccc2)nc1CN1CCCCC1. The second kappa shape index (κ2) is 6.09. The Kier molecular flexibility index (Phi) is 4.02. The first kappa shape index (κ1) is 13.2. The van der Waals surface area contributed by atoms with Crippen LogP contribution in [-0.4, -0.2) is 28.0 Å². The van der Waals surface area contributed by atoms with Gasteiger partial charge < -0.3 is 10.3 Å². The molecule has 0 amide bonds. The monoisotopic (exact) mass is 270 g/mol. The van der Waals surface area contributed by atoms with Crippen molar-refractivity contribution in [1.29, 1.82) is 0 Å². The zero-order valence-electron chi connectivity index (χ0n) is 12.0. The molecule has 3 rings (SSSR count). The molecular weight excluding hydrogens is 248 g/mol. The highest BCUT2D eigenvalue weighted by Gasteiger charge is 2.14. The summed E-state index contributed by atoms with van der Waals surface area (Å²) in [6.45, 7) is 5.46. The number of aryl methyl sites for hydroxylation is 1.